The number of rotatable bonds is 7. The molecule has 1 unspecified atom stereocenters. The van der Waals surface area contributed by atoms with Crippen molar-refractivity contribution in [3.05, 3.63) is 72.3 Å². The Kier molecular flexibility index (Phi) is 5.26. The molecular formula is C28H26N4O3. The fraction of sp³-hybridized carbons (Fsp3) is 0.214. The Bertz CT molecular complexity index is 1680. The van der Waals surface area contributed by atoms with E-state index in [0.717, 1.165) is 67.2 Å². The maximum absolute atomic E-state index is 11.1. The lowest BCUT2D eigenvalue weighted by Gasteiger charge is -2.11. The minimum absolute atomic E-state index is 0.570. The normalized spacial score (nSPS) is 12.7. The standard InChI is InChI=1S/C28H26N4O3/c1-34-22-12-5-8-18-24-23(35-2)15-30-20(27(24)32-25(18)22)10-6-11-21(33)28-26-17(13-14-29-28)16-7-3-4-9-19(16)31-26/h3-5,7-9,12-15,21,31-33H,6,10-11H2,1-2H3. The number of hydrogen-bond donors (Lipinski definition) is 3. The van der Waals surface area contributed by atoms with Crippen LogP contribution in [-0.4, -0.2) is 39.3 Å². The maximum atomic E-state index is 11.1. The summed E-state index contributed by atoms with van der Waals surface area (Å²) >= 11 is 0. The van der Waals surface area contributed by atoms with Crippen molar-refractivity contribution in [2.24, 2.45) is 0 Å². The second-order valence-electron chi connectivity index (χ2n) is 8.73. The molecule has 0 bridgehead atoms. The van der Waals surface area contributed by atoms with Crippen molar-refractivity contribution >= 4 is 43.6 Å². The molecule has 0 saturated carbocycles. The Morgan fingerprint density at radius 3 is 2.51 bits per heavy atom. The third-order valence-electron chi connectivity index (χ3n) is 6.77. The number of aliphatic hydroxyl groups excluding tert-OH is 1. The maximum Gasteiger partial charge on any atom is 0.147 e. The number of benzene rings is 2. The van der Waals surface area contributed by atoms with Crippen molar-refractivity contribution in [3.63, 3.8) is 0 Å². The van der Waals surface area contributed by atoms with Crippen LogP contribution in [0.2, 0.25) is 0 Å². The van der Waals surface area contributed by atoms with Gasteiger partial charge in [0.2, 0.25) is 0 Å². The van der Waals surface area contributed by atoms with Crippen LogP contribution >= 0.6 is 0 Å². The zero-order valence-corrected chi connectivity index (χ0v) is 19.6. The number of para-hydroxylation sites is 2. The van der Waals surface area contributed by atoms with E-state index in [1.54, 1.807) is 26.6 Å². The highest BCUT2D eigenvalue weighted by Gasteiger charge is 2.19. The quantitative estimate of drug-likeness (QED) is 0.276. The summed E-state index contributed by atoms with van der Waals surface area (Å²) in [6, 6.07) is 16.1. The van der Waals surface area contributed by atoms with Gasteiger partial charge in [-0.25, -0.2) is 0 Å². The Morgan fingerprint density at radius 1 is 0.829 bits per heavy atom. The molecule has 0 spiro atoms. The van der Waals surface area contributed by atoms with Crippen molar-refractivity contribution in [1.29, 1.82) is 0 Å². The van der Waals surface area contributed by atoms with Gasteiger partial charge in [-0.2, -0.15) is 0 Å². The van der Waals surface area contributed by atoms with Crippen LogP contribution in [0.25, 0.3) is 43.6 Å². The number of methoxy groups -OCH3 is 2. The van der Waals surface area contributed by atoms with Crippen molar-refractivity contribution < 1.29 is 14.6 Å². The molecule has 0 amide bonds. The second kappa shape index (κ2) is 8.60. The van der Waals surface area contributed by atoms with Gasteiger partial charge < -0.3 is 24.5 Å². The molecule has 6 rings (SSSR count). The third-order valence-corrected chi connectivity index (χ3v) is 6.77. The predicted octanol–water partition coefficient (Wildman–Crippen LogP) is 5.82. The van der Waals surface area contributed by atoms with Gasteiger partial charge in [0.15, 0.2) is 0 Å². The number of nitrogens with zero attached hydrogens (tertiary/aromatic N) is 2. The van der Waals surface area contributed by atoms with Crippen LogP contribution < -0.4 is 9.47 Å². The van der Waals surface area contributed by atoms with E-state index in [1.807, 2.05) is 36.4 Å². The Hall–Kier alpha value is -4.10. The van der Waals surface area contributed by atoms with Crippen LogP contribution in [-0.2, 0) is 6.42 Å². The van der Waals surface area contributed by atoms with Crippen LogP contribution in [0.4, 0.5) is 0 Å². The summed E-state index contributed by atoms with van der Waals surface area (Å²) in [5.41, 5.74) is 5.42. The van der Waals surface area contributed by atoms with Gasteiger partial charge in [-0.05, 0) is 37.5 Å². The Labute approximate surface area is 201 Å². The molecule has 7 nitrogen and oxygen atoms in total. The molecule has 4 heterocycles. The highest BCUT2D eigenvalue weighted by Crippen LogP contribution is 2.38. The molecule has 3 N–H and O–H groups in total. The zero-order valence-electron chi connectivity index (χ0n) is 19.6. The van der Waals surface area contributed by atoms with Gasteiger partial charge in [0.05, 0.1) is 59.8 Å². The molecule has 35 heavy (non-hydrogen) atoms. The molecule has 0 aliphatic rings. The summed E-state index contributed by atoms with van der Waals surface area (Å²) in [5.74, 6) is 1.50. The molecule has 2 aromatic carbocycles. The van der Waals surface area contributed by atoms with Crippen LogP contribution in [0.15, 0.2) is 60.9 Å². The number of aliphatic hydroxyl groups is 1. The first kappa shape index (κ1) is 21.4. The van der Waals surface area contributed by atoms with E-state index in [2.05, 4.69) is 32.1 Å². The van der Waals surface area contributed by atoms with Crippen molar-refractivity contribution in [2.45, 2.75) is 25.4 Å². The fourth-order valence-electron chi connectivity index (χ4n) is 5.09. The molecule has 0 saturated heterocycles. The number of H-pyrrole nitrogens is 2. The number of pyridine rings is 2. The lowest BCUT2D eigenvalue weighted by Crippen LogP contribution is -2.03. The van der Waals surface area contributed by atoms with Gasteiger partial charge in [0, 0.05) is 27.9 Å². The van der Waals surface area contributed by atoms with E-state index >= 15 is 0 Å². The monoisotopic (exact) mass is 466 g/mol. The van der Waals surface area contributed by atoms with E-state index in [-0.39, 0.29) is 0 Å². The van der Waals surface area contributed by atoms with Crippen LogP contribution in [0.5, 0.6) is 11.5 Å². The fourth-order valence-corrected chi connectivity index (χ4v) is 5.09. The van der Waals surface area contributed by atoms with E-state index in [1.165, 1.54) is 0 Å². The summed E-state index contributed by atoms with van der Waals surface area (Å²) in [4.78, 5) is 16.1. The first-order chi connectivity index (χ1) is 17.2. The second-order valence-corrected chi connectivity index (χ2v) is 8.73. The van der Waals surface area contributed by atoms with Crippen molar-refractivity contribution in [1.82, 2.24) is 19.9 Å². The minimum Gasteiger partial charge on any atom is -0.495 e. The molecule has 1 atom stereocenters. The number of hydrogen-bond acceptors (Lipinski definition) is 5. The molecule has 0 aliphatic heterocycles. The summed E-state index contributed by atoms with van der Waals surface area (Å²) in [7, 11) is 3.32. The first-order valence-corrected chi connectivity index (χ1v) is 11.7. The molecule has 7 heteroatoms. The SMILES string of the molecule is COc1cccc2c1[nH]c1c(CCCC(O)c3nccc4c3[nH]c3ccccc34)ncc(OC)c12. The Balaban J connectivity index is 1.29. The Morgan fingerprint density at radius 2 is 1.66 bits per heavy atom. The van der Waals surface area contributed by atoms with Gasteiger partial charge >= 0.3 is 0 Å². The average Bonchev–Trinajstić information content (AvgIpc) is 3.48. The van der Waals surface area contributed by atoms with Crippen LogP contribution in [0, 0.1) is 0 Å². The highest BCUT2D eigenvalue weighted by molar-refractivity contribution is 6.12. The third kappa shape index (κ3) is 3.47. The summed E-state index contributed by atoms with van der Waals surface area (Å²) in [6.45, 7) is 0. The summed E-state index contributed by atoms with van der Waals surface area (Å²) < 4.78 is 11.2. The van der Waals surface area contributed by atoms with Gasteiger partial charge in [-0.1, -0.05) is 30.3 Å². The molecule has 176 valence electrons. The average molecular weight is 467 g/mol. The van der Waals surface area contributed by atoms with E-state index in [4.69, 9.17) is 9.47 Å². The molecule has 0 radical (unpaired) electrons. The van der Waals surface area contributed by atoms with Crippen LogP contribution in [0.1, 0.15) is 30.3 Å². The molecular weight excluding hydrogens is 440 g/mol. The van der Waals surface area contributed by atoms with E-state index < -0.39 is 6.10 Å². The molecule has 0 fully saturated rings. The molecule has 0 aliphatic carbocycles. The van der Waals surface area contributed by atoms with Crippen molar-refractivity contribution in [2.75, 3.05) is 14.2 Å². The van der Waals surface area contributed by atoms with Gasteiger partial charge in [-0.15, -0.1) is 0 Å². The highest BCUT2D eigenvalue weighted by atomic mass is 16.5. The predicted molar refractivity (Wildman–Crippen MR) is 138 cm³/mol. The lowest BCUT2D eigenvalue weighted by molar-refractivity contribution is 0.161. The topological polar surface area (TPSA) is 96.1 Å². The number of fused-ring (bicyclic) bond motifs is 6. The summed E-state index contributed by atoms with van der Waals surface area (Å²) in [6.07, 6.45) is 4.89. The lowest BCUT2D eigenvalue weighted by atomic mass is 10.0. The van der Waals surface area contributed by atoms with Gasteiger partial charge in [0.1, 0.15) is 11.5 Å². The number of aromatic nitrogens is 4. The van der Waals surface area contributed by atoms with E-state index in [0.29, 0.717) is 18.5 Å². The minimum atomic E-state index is -0.677. The molecule has 4 aromatic heterocycles. The first-order valence-electron chi connectivity index (χ1n) is 11.7. The largest absolute Gasteiger partial charge is 0.495 e. The number of nitrogens with one attached hydrogen (secondary N) is 2. The molecule has 6 aromatic rings. The summed E-state index contributed by atoms with van der Waals surface area (Å²) in [5, 5.41) is 15.3. The van der Waals surface area contributed by atoms with Crippen LogP contribution in [0.3, 0.4) is 0 Å². The number of aromatic amines is 2. The van der Waals surface area contributed by atoms with E-state index in [9.17, 15) is 5.11 Å². The number of aryl methyl sites for hydroxylation is 1. The van der Waals surface area contributed by atoms with Crippen molar-refractivity contribution in [3.8, 4) is 11.5 Å². The smallest absolute Gasteiger partial charge is 0.147 e. The van der Waals surface area contributed by atoms with Gasteiger partial charge in [0.25, 0.3) is 0 Å². The zero-order chi connectivity index (χ0) is 23.9. The number of ether oxygens (including phenoxy) is 2. The van der Waals surface area contributed by atoms with Gasteiger partial charge in [-0.3, -0.25) is 9.97 Å².